The van der Waals surface area contributed by atoms with Gasteiger partial charge in [-0.1, -0.05) is 29.3 Å². The highest BCUT2D eigenvalue weighted by atomic mass is 35.5. The molecule has 0 spiro atoms. The first-order valence-electron chi connectivity index (χ1n) is 6.14. The summed E-state index contributed by atoms with van der Waals surface area (Å²) >= 11 is 11.9. The Bertz CT molecular complexity index is 768. The van der Waals surface area contributed by atoms with E-state index in [-0.39, 0.29) is 0 Å². The third-order valence-electron chi connectivity index (χ3n) is 2.92. The van der Waals surface area contributed by atoms with Crippen LogP contribution in [0.1, 0.15) is 11.3 Å². The fraction of sp³-hybridized carbons (Fsp3) is 0.133. The number of halogens is 2. The van der Waals surface area contributed by atoms with E-state index in [2.05, 4.69) is 4.98 Å². The van der Waals surface area contributed by atoms with Crippen LogP contribution in [0.2, 0.25) is 10.0 Å². The molecule has 3 aromatic rings. The smallest absolute Gasteiger partial charge is 0.138 e. The maximum Gasteiger partial charge on any atom is 0.138 e. The zero-order chi connectivity index (χ0) is 14.1. The molecular weight excluding hydrogens is 295 g/mol. The summed E-state index contributed by atoms with van der Waals surface area (Å²) < 4.78 is 7.65. The third kappa shape index (κ3) is 2.74. The number of fused-ring (bicyclic) bond motifs is 1. The predicted molar refractivity (Wildman–Crippen MR) is 80.7 cm³/mol. The standard InChI is InChI=1S/C15H12Cl2N2O/c1-10-2-5-15-18-12(8-19(15)7-10)9-20-14-4-3-11(16)6-13(14)17/h2-8H,9H2,1H3. The van der Waals surface area contributed by atoms with Crippen LogP contribution in [0, 0.1) is 6.92 Å². The van der Waals surface area contributed by atoms with E-state index in [9.17, 15) is 0 Å². The molecule has 3 rings (SSSR count). The van der Waals surface area contributed by atoms with Crippen molar-refractivity contribution >= 4 is 28.8 Å². The quantitative estimate of drug-likeness (QED) is 0.711. The van der Waals surface area contributed by atoms with Crippen LogP contribution >= 0.6 is 23.2 Å². The summed E-state index contributed by atoms with van der Waals surface area (Å²) in [6, 6.07) is 9.17. The molecule has 2 heterocycles. The maximum atomic E-state index is 6.06. The second-order valence-electron chi connectivity index (χ2n) is 4.57. The lowest BCUT2D eigenvalue weighted by Gasteiger charge is -2.06. The largest absolute Gasteiger partial charge is 0.486 e. The van der Waals surface area contributed by atoms with Crippen molar-refractivity contribution < 1.29 is 4.74 Å². The van der Waals surface area contributed by atoms with Crippen molar-refractivity contribution in [2.75, 3.05) is 0 Å². The van der Waals surface area contributed by atoms with Crippen LogP contribution in [0.25, 0.3) is 5.65 Å². The van der Waals surface area contributed by atoms with Crippen LogP contribution in [-0.2, 0) is 6.61 Å². The van der Waals surface area contributed by atoms with Gasteiger partial charge in [0, 0.05) is 17.4 Å². The van der Waals surface area contributed by atoms with Crippen LogP contribution in [0.3, 0.4) is 0 Å². The fourth-order valence-corrected chi connectivity index (χ4v) is 2.43. The van der Waals surface area contributed by atoms with Gasteiger partial charge in [-0.25, -0.2) is 4.98 Å². The molecule has 0 fully saturated rings. The third-order valence-corrected chi connectivity index (χ3v) is 3.45. The summed E-state index contributed by atoms with van der Waals surface area (Å²) in [7, 11) is 0. The van der Waals surface area contributed by atoms with Crippen molar-refractivity contribution in [3.63, 3.8) is 0 Å². The Morgan fingerprint density at radius 2 is 2.00 bits per heavy atom. The maximum absolute atomic E-state index is 6.06. The minimum absolute atomic E-state index is 0.363. The monoisotopic (exact) mass is 306 g/mol. The Hall–Kier alpha value is -1.71. The average Bonchev–Trinajstić information content (AvgIpc) is 2.79. The molecular formula is C15H12Cl2N2O. The molecule has 1 aromatic carbocycles. The van der Waals surface area contributed by atoms with Gasteiger partial charge in [-0.05, 0) is 36.8 Å². The molecule has 102 valence electrons. The zero-order valence-corrected chi connectivity index (χ0v) is 12.3. The van der Waals surface area contributed by atoms with E-state index in [1.54, 1.807) is 18.2 Å². The average molecular weight is 307 g/mol. The lowest BCUT2D eigenvalue weighted by molar-refractivity contribution is 0.302. The fourth-order valence-electron chi connectivity index (χ4n) is 1.97. The van der Waals surface area contributed by atoms with Crippen molar-refractivity contribution in [2.45, 2.75) is 13.5 Å². The minimum Gasteiger partial charge on any atom is -0.486 e. The Morgan fingerprint density at radius 1 is 1.15 bits per heavy atom. The zero-order valence-electron chi connectivity index (χ0n) is 10.8. The molecule has 0 unspecified atom stereocenters. The van der Waals surface area contributed by atoms with Gasteiger partial charge in [-0.15, -0.1) is 0 Å². The van der Waals surface area contributed by atoms with E-state index in [0.29, 0.717) is 22.4 Å². The van der Waals surface area contributed by atoms with Gasteiger partial charge in [0.2, 0.25) is 0 Å². The van der Waals surface area contributed by atoms with Crippen molar-refractivity contribution in [3.8, 4) is 5.75 Å². The second kappa shape index (κ2) is 5.35. The van der Waals surface area contributed by atoms with Gasteiger partial charge >= 0.3 is 0 Å². The van der Waals surface area contributed by atoms with Crippen molar-refractivity contribution in [1.29, 1.82) is 0 Å². The van der Waals surface area contributed by atoms with Crippen LogP contribution < -0.4 is 4.74 Å². The summed E-state index contributed by atoms with van der Waals surface area (Å²) in [5.41, 5.74) is 2.93. The number of rotatable bonds is 3. The lowest BCUT2D eigenvalue weighted by Crippen LogP contribution is -1.96. The summed E-state index contributed by atoms with van der Waals surface area (Å²) in [5, 5.41) is 1.09. The first-order valence-corrected chi connectivity index (χ1v) is 6.89. The van der Waals surface area contributed by atoms with E-state index >= 15 is 0 Å². The van der Waals surface area contributed by atoms with Gasteiger partial charge in [0.1, 0.15) is 18.0 Å². The van der Waals surface area contributed by atoms with E-state index in [0.717, 1.165) is 11.3 Å². The molecule has 0 amide bonds. The summed E-state index contributed by atoms with van der Waals surface area (Å²) in [5.74, 6) is 0.601. The minimum atomic E-state index is 0.363. The van der Waals surface area contributed by atoms with Gasteiger partial charge < -0.3 is 9.14 Å². The van der Waals surface area contributed by atoms with E-state index in [1.165, 1.54) is 5.56 Å². The van der Waals surface area contributed by atoms with Gasteiger partial charge in [-0.3, -0.25) is 0 Å². The second-order valence-corrected chi connectivity index (χ2v) is 5.41. The van der Waals surface area contributed by atoms with E-state index in [4.69, 9.17) is 27.9 Å². The summed E-state index contributed by atoms with van der Waals surface area (Å²) in [6.45, 7) is 2.41. The summed E-state index contributed by atoms with van der Waals surface area (Å²) in [6.07, 6.45) is 3.98. The molecule has 0 saturated heterocycles. The number of imidazole rings is 1. The first kappa shape index (κ1) is 13.3. The molecule has 0 saturated carbocycles. The Kier molecular flexibility index (Phi) is 3.55. The highest BCUT2D eigenvalue weighted by Crippen LogP contribution is 2.28. The Morgan fingerprint density at radius 3 is 2.80 bits per heavy atom. The lowest BCUT2D eigenvalue weighted by atomic mass is 10.3. The van der Waals surface area contributed by atoms with Crippen molar-refractivity contribution in [1.82, 2.24) is 9.38 Å². The normalized spacial score (nSPS) is 10.9. The molecule has 0 atom stereocenters. The Balaban J connectivity index is 1.79. The van der Waals surface area contributed by atoms with Crippen LogP contribution in [-0.4, -0.2) is 9.38 Å². The highest BCUT2D eigenvalue weighted by molar-refractivity contribution is 6.35. The number of aryl methyl sites for hydroxylation is 1. The molecule has 0 radical (unpaired) electrons. The molecule has 0 N–H and O–H groups in total. The molecule has 0 aliphatic rings. The van der Waals surface area contributed by atoms with Crippen LogP contribution in [0.15, 0.2) is 42.7 Å². The van der Waals surface area contributed by atoms with Crippen molar-refractivity contribution in [3.05, 3.63) is 64.0 Å². The molecule has 2 aromatic heterocycles. The van der Waals surface area contributed by atoms with Gasteiger partial charge in [0.15, 0.2) is 0 Å². The van der Waals surface area contributed by atoms with Crippen LogP contribution in [0.4, 0.5) is 0 Å². The molecule has 0 aliphatic carbocycles. The number of pyridine rings is 1. The predicted octanol–water partition coefficient (Wildman–Crippen LogP) is 4.53. The molecule has 3 nitrogen and oxygen atoms in total. The first-order chi connectivity index (χ1) is 9.61. The van der Waals surface area contributed by atoms with E-state index in [1.807, 2.05) is 35.9 Å². The SMILES string of the molecule is Cc1ccc2nc(COc3ccc(Cl)cc3Cl)cn2c1. The van der Waals surface area contributed by atoms with Gasteiger partial charge in [0.05, 0.1) is 10.7 Å². The highest BCUT2D eigenvalue weighted by Gasteiger charge is 2.06. The molecule has 20 heavy (non-hydrogen) atoms. The van der Waals surface area contributed by atoms with Gasteiger partial charge in [-0.2, -0.15) is 0 Å². The van der Waals surface area contributed by atoms with Crippen LogP contribution in [0.5, 0.6) is 5.75 Å². The molecule has 0 aliphatic heterocycles. The number of nitrogens with zero attached hydrogens (tertiary/aromatic N) is 2. The van der Waals surface area contributed by atoms with Crippen molar-refractivity contribution in [2.24, 2.45) is 0 Å². The topological polar surface area (TPSA) is 26.5 Å². The number of hydrogen-bond acceptors (Lipinski definition) is 2. The molecule has 0 bridgehead atoms. The Labute approximate surface area is 126 Å². The van der Waals surface area contributed by atoms with Gasteiger partial charge in [0.25, 0.3) is 0 Å². The number of hydrogen-bond donors (Lipinski definition) is 0. The number of aromatic nitrogens is 2. The number of ether oxygens (including phenoxy) is 1. The molecule has 5 heteroatoms. The number of benzene rings is 1. The van der Waals surface area contributed by atoms with E-state index < -0.39 is 0 Å². The summed E-state index contributed by atoms with van der Waals surface area (Å²) in [4.78, 5) is 4.48.